The highest BCUT2D eigenvalue weighted by Gasteiger charge is 2.38. The summed E-state index contributed by atoms with van der Waals surface area (Å²) in [6.07, 6.45) is 3.54. The fourth-order valence-electron chi connectivity index (χ4n) is 3.08. The molecular formula is C16H20O3. The van der Waals surface area contributed by atoms with Crippen LogP contribution in [0.5, 0.6) is 0 Å². The summed E-state index contributed by atoms with van der Waals surface area (Å²) in [5.74, 6) is -1.28. The van der Waals surface area contributed by atoms with Crippen LogP contribution in [-0.4, -0.2) is 18.9 Å². The van der Waals surface area contributed by atoms with Crippen molar-refractivity contribution in [1.82, 2.24) is 0 Å². The van der Waals surface area contributed by atoms with E-state index in [-0.39, 0.29) is 17.1 Å². The fraction of sp³-hybridized carbons (Fsp3) is 0.500. The van der Waals surface area contributed by atoms with Gasteiger partial charge in [0.25, 0.3) is 0 Å². The first kappa shape index (κ1) is 13.8. The molecule has 0 saturated heterocycles. The van der Waals surface area contributed by atoms with Crippen LogP contribution >= 0.6 is 0 Å². The first-order chi connectivity index (χ1) is 9.07. The van der Waals surface area contributed by atoms with Gasteiger partial charge >= 0.3 is 5.97 Å². The molecule has 0 heterocycles. The number of ether oxygens (including phenoxy) is 1. The summed E-state index contributed by atoms with van der Waals surface area (Å²) in [7, 11) is 1.26. The number of carbonyl (C=O) groups is 2. The first-order valence-corrected chi connectivity index (χ1v) is 6.74. The van der Waals surface area contributed by atoms with Crippen LogP contribution in [0, 0.1) is 5.92 Å². The van der Waals surface area contributed by atoms with Gasteiger partial charge in [-0.25, -0.2) is 4.79 Å². The Hall–Kier alpha value is -1.64. The third-order valence-electron chi connectivity index (χ3n) is 4.21. The van der Waals surface area contributed by atoms with Crippen molar-refractivity contribution >= 4 is 11.8 Å². The van der Waals surface area contributed by atoms with E-state index in [4.69, 9.17) is 0 Å². The topological polar surface area (TPSA) is 43.4 Å². The summed E-state index contributed by atoms with van der Waals surface area (Å²) in [6, 6.07) is 10.2. The van der Waals surface area contributed by atoms with Crippen molar-refractivity contribution < 1.29 is 14.3 Å². The molecule has 1 aromatic carbocycles. The summed E-state index contributed by atoms with van der Waals surface area (Å²) in [6.45, 7) is 2.18. The first-order valence-electron chi connectivity index (χ1n) is 6.74. The quantitative estimate of drug-likeness (QED) is 0.620. The Kier molecular flexibility index (Phi) is 4.03. The van der Waals surface area contributed by atoms with Crippen molar-refractivity contribution in [1.29, 1.82) is 0 Å². The Morgan fingerprint density at radius 1 is 1.26 bits per heavy atom. The Morgan fingerprint density at radius 3 is 2.58 bits per heavy atom. The van der Waals surface area contributed by atoms with E-state index in [1.54, 1.807) is 0 Å². The molecule has 3 nitrogen and oxygen atoms in total. The highest BCUT2D eigenvalue weighted by atomic mass is 16.5. The van der Waals surface area contributed by atoms with E-state index in [9.17, 15) is 9.59 Å². The molecule has 1 fully saturated rings. The van der Waals surface area contributed by atoms with Crippen LogP contribution in [-0.2, 0) is 19.7 Å². The maximum Gasteiger partial charge on any atom is 0.374 e. The number of esters is 1. The van der Waals surface area contributed by atoms with Gasteiger partial charge in [0.15, 0.2) is 0 Å². The number of ketones is 1. The number of benzene rings is 1. The average Bonchev–Trinajstić information content (AvgIpc) is 2.46. The maximum atomic E-state index is 12.0. The minimum atomic E-state index is -0.706. The van der Waals surface area contributed by atoms with Crippen molar-refractivity contribution in [2.24, 2.45) is 5.92 Å². The lowest BCUT2D eigenvalue weighted by atomic mass is 9.66. The standard InChI is InChI=1S/C16H20O3/c1-16(13-8-4-3-5-9-13)10-6-7-12(11-16)14(17)15(18)19-2/h3-5,8-9,12H,6-7,10-11H2,1-2H3. The summed E-state index contributed by atoms with van der Waals surface area (Å²) in [5.41, 5.74) is 1.23. The molecule has 3 heteroatoms. The molecule has 102 valence electrons. The van der Waals surface area contributed by atoms with Gasteiger partial charge in [-0.05, 0) is 30.2 Å². The van der Waals surface area contributed by atoms with Gasteiger partial charge in [-0.2, -0.15) is 0 Å². The average molecular weight is 260 g/mol. The fourth-order valence-corrected chi connectivity index (χ4v) is 3.08. The van der Waals surface area contributed by atoms with Gasteiger partial charge in [0.1, 0.15) is 0 Å². The van der Waals surface area contributed by atoms with Gasteiger partial charge in [-0.15, -0.1) is 0 Å². The number of rotatable bonds is 3. The van der Waals surface area contributed by atoms with E-state index < -0.39 is 5.97 Å². The molecule has 0 aromatic heterocycles. The van der Waals surface area contributed by atoms with Gasteiger partial charge in [0, 0.05) is 5.92 Å². The summed E-state index contributed by atoms with van der Waals surface area (Å²) in [4.78, 5) is 23.4. The van der Waals surface area contributed by atoms with E-state index in [0.29, 0.717) is 0 Å². The number of Topliss-reactive ketones (excluding diaryl/α,β-unsaturated/α-hetero) is 1. The second-order valence-corrected chi connectivity index (χ2v) is 5.58. The lowest BCUT2D eigenvalue weighted by Gasteiger charge is -2.37. The van der Waals surface area contributed by atoms with E-state index >= 15 is 0 Å². The largest absolute Gasteiger partial charge is 0.463 e. The van der Waals surface area contributed by atoms with Crippen molar-refractivity contribution in [2.45, 2.75) is 38.0 Å². The van der Waals surface area contributed by atoms with E-state index in [0.717, 1.165) is 25.7 Å². The second-order valence-electron chi connectivity index (χ2n) is 5.58. The predicted octanol–water partition coefficient (Wildman–Crippen LogP) is 2.88. The molecule has 0 radical (unpaired) electrons. The van der Waals surface area contributed by atoms with E-state index in [1.165, 1.54) is 12.7 Å². The zero-order valence-electron chi connectivity index (χ0n) is 11.5. The Bertz CT molecular complexity index is 466. The van der Waals surface area contributed by atoms with Gasteiger partial charge in [-0.3, -0.25) is 4.79 Å². The molecule has 2 rings (SSSR count). The number of hydrogen-bond donors (Lipinski definition) is 0. The van der Waals surface area contributed by atoms with Crippen LogP contribution in [0.25, 0.3) is 0 Å². The van der Waals surface area contributed by atoms with Gasteiger partial charge < -0.3 is 4.74 Å². The molecule has 1 aliphatic rings. The van der Waals surface area contributed by atoms with Crippen LogP contribution in [0.3, 0.4) is 0 Å². The molecule has 0 aliphatic heterocycles. The van der Waals surface area contributed by atoms with Crippen molar-refractivity contribution in [2.75, 3.05) is 7.11 Å². The number of hydrogen-bond acceptors (Lipinski definition) is 3. The molecule has 1 saturated carbocycles. The summed E-state index contributed by atoms with van der Waals surface area (Å²) < 4.78 is 4.55. The molecule has 2 atom stereocenters. The van der Waals surface area contributed by atoms with Crippen LogP contribution in [0.1, 0.15) is 38.2 Å². The van der Waals surface area contributed by atoms with Crippen molar-refractivity contribution in [3.05, 3.63) is 35.9 Å². The summed E-state index contributed by atoms with van der Waals surface area (Å²) >= 11 is 0. The smallest absolute Gasteiger partial charge is 0.374 e. The van der Waals surface area contributed by atoms with Crippen LogP contribution < -0.4 is 0 Å². The second kappa shape index (κ2) is 5.55. The zero-order valence-corrected chi connectivity index (χ0v) is 11.5. The predicted molar refractivity (Wildman–Crippen MR) is 72.8 cm³/mol. The number of methoxy groups -OCH3 is 1. The van der Waals surface area contributed by atoms with Gasteiger partial charge in [0.05, 0.1) is 7.11 Å². The molecular weight excluding hydrogens is 240 g/mol. The molecule has 0 spiro atoms. The van der Waals surface area contributed by atoms with Crippen molar-refractivity contribution in [3.8, 4) is 0 Å². The monoisotopic (exact) mass is 260 g/mol. The lowest BCUT2D eigenvalue weighted by Crippen LogP contribution is -2.36. The SMILES string of the molecule is COC(=O)C(=O)C1CCCC(C)(c2ccccc2)C1. The van der Waals surface area contributed by atoms with E-state index in [2.05, 4.69) is 23.8 Å². The van der Waals surface area contributed by atoms with Crippen molar-refractivity contribution in [3.63, 3.8) is 0 Å². The Balaban J connectivity index is 2.17. The number of carbonyl (C=O) groups excluding carboxylic acids is 2. The minimum Gasteiger partial charge on any atom is -0.463 e. The van der Waals surface area contributed by atoms with Crippen LogP contribution in [0.2, 0.25) is 0 Å². The lowest BCUT2D eigenvalue weighted by molar-refractivity contribution is -0.154. The Morgan fingerprint density at radius 2 is 1.95 bits per heavy atom. The van der Waals surface area contributed by atoms with Crippen LogP contribution in [0.4, 0.5) is 0 Å². The molecule has 0 bridgehead atoms. The van der Waals surface area contributed by atoms with Crippen LogP contribution in [0.15, 0.2) is 30.3 Å². The molecule has 0 N–H and O–H groups in total. The minimum absolute atomic E-state index is 0.0200. The highest BCUT2D eigenvalue weighted by molar-refractivity contribution is 6.34. The molecule has 1 aromatic rings. The van der Waals surface area contributed by atoms with Gasteiger partial charge in [0.2, 0.25) is 5.78 Å². The normalized spacial score (nSPS) is 26.7. The molecule has 2 unspecified atom stereocenters. The third-order valence-corrected chi connectivity index (χ3v) is 4.21. The Labute approximate surface area is 114 Å². The third kappa shape index (κ3) is 2.86. The maximum absolute atomic E-state index is 12.0. The summed E-state index contributed by atoms with van der Waals surface area (Å²) in [5, 5.41) is 0. The molecule has 1 aliphatic carbocycles. The van der Waals surface area contributed by atoms with E-state index in [1.807, 2.05) is 18.2 Å². The molecule has 0 amide bonds. The molecule has 19 heavy (non-hydrogen) atoms. The highest BCUT2D eigenvalue weighted by Crippen LogP contribution is 2.41. The van der Waals surface area contributed by atoms with Gasteiger partial charge in [-0.1, -0.05) is 43.7 Å². The zero-order chi connectivity index (χ0) is 13.9.